The maximum Gasteiger partial charge on any atom is 0.417 e. The number of aromatic nitrogens is 1. The molecule has 1 aromatic carbocycles. The molecule has 168 valence electrons. The number of aliphatic hydroxyl groups excluding tert-OH is 1. The lowest BCUT2D eigenvalue weighted by molar-refractivity contribution is -0.137. The molecular formula is C20H19ClF5N3O2. The van der Waals surface area contributed by atoms with E-state index in [2.05, 4.69) is 10.3 Å². The molecular weight excluding hydrogens is 445 g/mol. The molecule has 1 aliphatic rings. The fourth-order valence-corrected chi connectivity index (χ4v) is 3.68. The van der Waals surface area contributed by atoms with Crippen LogP contribution in [0, 0.1) is 17.6 Å². The molecule has 31 heavy (non-hydrogen) atoms. The van der Waals surface area contributed by atoms with Crippen LogP contribution in [0.1, 0.15) is 30.1 Å². The minimum absolute atomic E-state index is 0.123. The number of halogens is 6. The Hall–Kier alpha value is -2.46. The number of benzene rings is 1. The number of aliphatic hydroxyl groups is 1. The Labute approximate surface area is 179 Å². The molecule has 1 fully saturated rings. The maximum atomic E-state index is 13.7. The lowest BCUT2D eigenvalue weighted by atomic mass is 9.95. The smallest absolute Gasteiger partial charge is 0.386 e. The summed E-state index contributed by atoms with van der Waals surface area (Å²) in [7, 11) is 0. The summed E-state index contributed by atoms with van der Waals surface area (Å²) < 4.78 is 64.9. The predicted octanol–water partition coefficient (Wildman–Crippen LogP) is 4.10. The number of hydrogen-bond acceptors (Lipinski definition) is 4. The van der Waals surface area contributed by atoms with Gasteiger partial charge in [0.05, 0.1) is 16.7 Å². The molecule has 0 saturated carbocycles. The van der Waals surface area contributed by atoms with E-state index in [0.29, 0.717) is 32.0 Å². The number of nitrogens with one attached hydrogen (secondary N) is 1. The Kier molecular flexibility index (Phi) is 7.00. The van der Waals surface area contributed by atoms with Crippen molar-refractivity contribution in [1.82, 2.24) is 10.3 Å². The van der Waals surface area contributed by atoms with Gasteiger partial charge in [0.25, 0.3) is 0 Å². The highest BCUT2D eigenvalue weighted by atomic mass is 35.5. The molecule has 11 heteroatoms. The van der Waals surface area contributed by atoms with E-state index in [1.54, 1.807) is 4.90 Å². The van der Waals surface area contributed by atoms with Crippen LogP contribution in [0.3, 0.4) is 0 Å². The summed E-state index contributed by atoms with van der Waals surface area (Å²) in [4.78, 5) is 17.9. The summed E-state index contributed by atoms with van der Waals surface area (Å²) in [6.45, 7) is 0.463. The molecule has 1 saturated heterocycles. The number of carbonyl (C=O) groups is 1. The number of anilines is 1. The highest BCUT2D eigenvalue weighted by Gasteiger charge is 2.33. The van der Waals surface area contributed by atoms with E-state index in [9.17, 15) is 31.9 Å². The van der Waals surface area contributed by atoms with Gasteiger partial charge in [0, 0.05) is 43.4 Å². The van der Waals surface area contributed by atoms with Crippen LogP contribution in [-0.2, 0) is 11.0 Å². The van der Waals surface area contributed by atoms with Crippen molar-refractivity contribution in [2.45, 2.75) is 25.1 Å². The Bertz CT molecular complexity index is 949. The molecule has 2 heterocycles. The van der Waals surface area contributed by atoms with E-state index in [0.717, 1.165) is 24.4 Å². The number of pyridine rings is 1. The zero-order valence-corrected chi connectivity index (χ0v) is 16.9. The molecule has 1 atom stereocenters. The summed E-state index contributed by atoms with van der Waals surface area (Å²) in [5, 5.41) is 12.5. The van der Waals surface area contributed by atoms with E-state index in [1.165, 1.54) is 0 Å². The molecule has 1 unspecified atom stereocenters. The van der Waals surface area contributed by atoms with Crippen molar-refractivity contribution >= 4 is 23.3 Å². The lowest BCUT2D eigenvalue weighted by Gasteiger charge is -2.32. The van der Waals surface area contributed by atoms with Crippen LogP contribution >= 0.6 is 11.6 Å². The summed E-state index contributed by atoms with van der Waals surface area (Å²) in [5.74, 6) is -2.19. The summed E-state index contributed by atoms with van der Waals surface area (Å²) in [6, 6.07) is 3.59. The van der Waals surface area contributed by atoms with Crippen LogP contribution in [0.2, 0.25) is 5.02 Å². The number of piperidine rings is 1. The van der Waals surface area contributed by atoms with Gasteiger partial charge < -0.3 is 15.3 Å². The number of hydrogen-bond donors (Lipinski definition) is 2. The molecule has 2 N–H and O–H groups in total. The molecule has 3 rings (SSSR count). The molecule has 2 aromatic rings. The van der Waals surface area contributed by atoms with Crippen molar-refractivity contribution in [3.63, 3.8) is 0 Å². The first-order valence-electron chi connectivity index (χ1n) is 9.44. The van der Waals surface area contributed by atoms with Gasteiger partial charge in [-0.05, 0) is 25.0 Å². The highest BCUT2D eigenvalue weighted by Crippen LogP contribution is 2.34. The van der Waals surface area contributed by atoms with Gasteiger partial charge >= 0.3 is 6.18 Å². The normalized spacial score (nSPS) is 16.3. The Morgan fingerprint density at radius 1 is 1.26 bits per heavy atom. The van der Waals surface area contributed by atoms with Crippen molar-refractivity contribution in [3.8, 4) is 0 Å². The number of amides is 1. The van der Waals surface area contributed by atoms with Gasteiger partial charge in [0.15, 0.2) is 0 Å². The summed E-state index contributed by atoms with van der Waals surface area (Å²) in [6.07, 6.45) is -4.37. The molecule has 0 bridgehead atoms. The van der Waals surface area contributed by atoms with E-state index >= 15 is 0 Å². The van der Waals surface area contributed by atoms with E-state index < -0.39 is 35.4 Å². The fraction of sp³-hybridized carbons (Fsp3) is 0.400. The lowest BCUT2D eigenvalue weighted by Crippen LogP contribution is -2.42. The zero-order chi connectivity index (χ0) is 22.8. The van der Waals surface area contributed by atoms with Gasteiger partial charge in [-0.25, -0.2) is 13.8 Å². The van der Waals surface area contributed by atoms with E-state index in [-0.39, 0.29) is 28.9 Å². The second-order valence-electron chi connectivity index (χ2n) is 7.22. The first-order valence-corrected chi connectivity index (χ1v) is 9.82. The minimum atomic E-state index is -4.54. The summed E-state index contributed by atoms with van der Waals surface area (Å²) in [5.41, 5.74) is -1.06. The van der Waals surface area contributed by atoms with E-state index in [1.807, 2.05) is 0 Å². The molecule has 5 nitrogen and oxygen atoms in total. The Morgan fingerprint density at radius 3 is 2.52 bits per heavy atom. The first-order chi connectivity index (χ1) is 14.6. The van der Waals surface area contributed by atoms with Gasteiger partial charge in [-0.1, -0.05) is 17.7 Å². The first kappa shape index (κ1) is 23.2. The number of carbonyl (C=O) groups excluding carboxylic acids is 1. The Balaban J connectivity index is 1.53. The third-order valence-corrected chi connectivity index (χ3v) is 5.38. The molecule has 1 aromatic heterocycles. The van der Waals surface area contributed by atoms with Crippen LogP contribution in [0.25, 0.3) is 0 Å². The van der Waals surface area contributed by atoms with Crippen molar-refractivity contribution in [2.24, 2.45) is 5.92 Å². The average Bonchev–Trinajstić information content (AvgIpc) is 2.71. The van der Waals surface area contributed by atoms with Crippen LogP contribution in [-0.4, -0.2) is 35.6 Å². The van der Waals surface area contributed by atoms with Crippen molar-refractivity contribution in [1.29, 1.82) is 0 Å². The average molecular weight is 464 g/mol. The number of rotatable bonds is 5. The SMILES string of the molecule is O=C(NCC(O)c1ccc(F)cc1F)C1CCN(c2ncc(C(F)(F)F)cc2Cl)CC1. The predicted molar refractivity (Wildman–Crippen MR) is 104 cm³/mol. The minimum Gasteiger partial charge on any atom is -0.386 e. The quantitative estimate of drug-likeness (QED) is 0.655. The second-order valence-corrected chi connectivity index (χ2v) is 7.62. The standard InChI is InChI=1S/C20H19ClF5N3O2/c21-15-7-12(20(24,25)26)9-27-18(15)29-5-3-11(4-6-29)19(31)28-10-17(30)14-2-1-13(22)8-16(14)23/h1-2,7-9,11,17,30H,3-6,10H2,(H,28,31). The molecule has 1 amide bonds. The molecule has 0 radical (unpaired) electrons. The van der Waals surface area contributed by atoms with Gasteiger partial charge in [-0.3, -0.25) is 4.79 Å². The van der Waals surface area contributed by atoms with Crippen molar-refractivity contribution in [3.05, 3.63) is 58.2 Å². The van der Waals surface area contributed by atoms with E-state index in [4.69, 9.17) is 11.6 Å². The zero-order valence-electron chi connectivity index (χ0n) is 16.1. The second kappa shape index (κ2) is 9.35. The largest absolute Gasteiger partial charge is 0.417 e. The van der Waals surface area contributed by atoms with Crippen LogP contribution in [0.5, 0.6) is 0 Å². The molecule has 1 aliphatic heterocycles. The monoisotopic (exact) mass is 463 g/mol. The van der Waals surface area contributed by atoms with Gasteiger partial charge in [0.2, 0.25) is 5.91 Å². The van der Waals surface area contributed by atoms with Gasteiger partial charge in [-0.15, -0.1) is 0 Å². The third kappa shape index (κ3) is 5.62. The third-order valence-electron chi connectivity index (χ3n) is 5.11. The number of alkyl halides is 3. The van der Waals surface area contributed by atoms with Crippen molar-refractivity contribution in [2.75, 3.05) is 24.5 Å². The van der Waals surface area contributed by atoms with Crippen LogP contribution in [0.4, 0.5) is 27.8 Å². The van der Waals surface area contributed by atoms with Gasteiger partial charge in [0.1, 0.15) is 17.5 Å². The van der Waals surface area contributed by atoms with Crippen molar-refractivity contribution < 1.29 is 31.9 Å². The van der Waals surface area contributed by atoms with Crippen LogP contribution in [0.15, 0.2) is 30.5 Å². The fourth-order valence-electron chi connectivity index (χ4n) is 3.40. The topological polar surface area (TPSA) is 65.5 Å². The molecule has 0 spiro atoms. The number of nitrogens with zero attached hydrogens (tertiary/aromatic N) is 2. The highest BCUT2D eigenvalue weighted by molar-refractivity contribution is 6.33. The Morgan fingerprint density at radius 2 is 1.94 bits per heavy atom. The van der Waals surface area contributed by atoms with Gasteiger partial charge in [-0.2, -0.15) is 13.2 Å². The maximum absolute atomic E-state index is 13.7. The van der Waals surface area contributed by atoms with Crippen LogP contribution < -0.4 is 10.2 Å². The molecule has 0 aliphatic carbocycles. The summed E-state index contributed by atoms with van der Waals surface area (Å²) >= 11 is 5.97.